The van der Waals surface area contributed by atoms with Gasteiger partial charge in [-0.15, -0.1) is 5.10 Å². The van der Waals surface area contributed by atoms with Gasteiger partial charge in [0.25, 0.3) is 0 Å². The van der Waals surface area contributed by atoms with Crippen LogP contribution in [0.2, 0.25) is 10.0 Å². The van der Waals surface area contributed by atoms with Gasteiger partial charge in [0.15, 0.2) is 0 Å². The number of hydrogen-bond acceptors (Lipinski definition) is 4. The minimum absolute atomic E-state index is 0.391. The largest absolute Gasteiger partial charge is 0.436 e. The van der Waals surface area contributed by atoms with E-state index < -0.39 is 0 Å². The Morgan fingerprint density at radius 1 is 1.15 bits per heavy atom. The van der Waals surface area contributed by atoms with E-state index in [4.69, 9.17) is 27.9 Å². The Morgan fingerprint density at radius 3 is 2.55 bits per heavy atom. The van der Waals surface area contributed by atoms with E-state index in [-0.39, 0.29) is 0 Å². The van der Waals surface area contributed by atoms with E-state index >= 15 is 0 Å². The Balaban J connectivity index is 2.03. The first-order valence-corrected chi connectivity index (χ1v) is 6.99. The summed E-state index contributed by atoms with van der Waals surface area (Å²) in [4.78, 5) is 0. The predicted octanol–water partition coefficient (Wildman–Crippen LogP) is 4.07. The molecular weight excluding hydrogens is 297 g/mol. The van der Waals surface area contributed by atoms with Crippen molar-refractivity contribution in [1.82, 2.24) is 15.5 Å². The van der Waals surface area contributed by atoms with Gasteiger partial charge in [0.05, 0.1) is 10.7 Å². The van der Waals surface area contributed by atoms with Crippen LogP contribution in [0.5, 0.6) is 11.6 Å². The normalized spacial score (nSPS) is 10.8. The highest BCUT2D eigenvalue weighted by molar-refractivity contribution is 6.35. The summed E-state index contributed by atoms with van der Waals surface area (Å²) in [6.45, 7) is 4.83. The second-order valence-electron chi connectivity index (χ2n) is 4.58. The first kappa shape index (κ1) is 15.0. The highest BCUT2D eigenvalue weighted by Gasteiger charge is 2.06. The van der Waals surface area contributed by atoms with Crippen molar-refractivity contribution >= 4 is 23.2 Å². The van der Waals surface area contributed by atoms with Crippen molar-refractivity contribution in [3.05, 3.63) is 46.1 Å². The Morgan fingerprint density at radius 2 is 1.95 bits per heavy atom. The Bertz CT molecular complexity index is 573. The summed E-state index contributed by atoms with van der Waals surface area (Å²) in [6.07, 6.45) is 0. The highest BCUT2D eigenvalue weighted by Crippen LogP contribution is 2.30. The molecule has 2 rings (SSSR count). The van der Waals surface area contributed by atoms with Crippen LogP contribution in [0.15, 0.2) is 30.3 Å². The minimum atomic E-state index is 0.391. The average Bonchev–Trinajstić information content (AvgIpc) is 2.41. The van der Waals surface area contributed by atoms with Crippen LogP contribution < -0.4 is 10.1 Å². The lowest BCUT2D eigenvalue weighted by Gasteiger charge is -2.08. The molecule has 0 saturated heterocycles. The molecule has 0 aliphatic carbocycles. The van der Waals surface area contributed by atoms with Gasteiger partial charge in [-0.2, -0.15) is 5.10 Å². The van der Waals surface area contributed by atoms with Crippen molar-refractivity contribution in [3.63, 3.8) is 0 Å². The molecular formula is C14H15Cl2N3O. The van der Waals surface area contributed by atoms with Crippen LogP contribution in [0.3, 0.4) is 0 Å². The molecule has 0 unspecified atom stereocenters. The molecule has 0 radical (unpaired) electrons. The van der Waals surface area contributed by atoms with Gasteiger partial charge >= 0.3 is 0 Å². The fraction of sp³-hybridized carbons (Fsp3) is 0.286. The zero-order valence-corrected chi connectivity index (χ0v) is 12.7. The number of nitrogens with one attached hydrogen (secondary N) is 1. The Labute approximate surface area is 128 Å². The molecule has 20 heavy (non-hydrogen) atoms. The molecule has 1 aromatic carbocycles. The molecule has 0 aliphatic heterocycles. The summed E-state index contributed by atoms with van der Waals surface area (Å²) >= 11 is 11.9. The van der Waals surface area contributed by atoms with E-state index in [1.165, 1.54) is 0 Å². The fourth-order valence-corrected chi connectivity index (χ4v) is 1.92. The number of ether oxygens (including phenoxy) is 1. The Hall–Kier alpha value is -1.36. The van der Waals surface area contributed by atoms with Crippen LogP contribution >= 0.6 is 23.2 Å². The second-order valence-corrected chi connectivity index (χ2v) is 5.42. The predicted molar refractivity (Wildman–Crippen MR) is 80.5 cm³/mol. The molecule has 0 atom stereocenters. The second kappa shape index (κ2) is 6.88. The van der Waals surface area contributed by atoms with Crippen LogP contribution in [-0.4, -0.2) is 16.2 Å². The van der Waals surface area contributed by atoms with Crippen LogP contribution in [0, 0.1) is 0 Å². The third kappa shape index (κ3) is 4.34. The van der Waals surface area contributed by atoms with Crippen molar-refractivity contribution in [2.45, 2.75) is 26.4 Å². The van der Waals surface area contributed by atoms with E-state index in [1.54, 1.807) is 24.3 Å². The van der Waals surface area contributed by atoms with Gasteiger partial charge in [0.2, 0.25) is 5.88 Å². The summed E-state index contributed by atoms with van der Waals surface area (Å²) in [7, 11) is 0. The third-order valence-electron chi connectivity index (χ3n) is 2.50. The molecule has 0 amide bonds. The first-order valence-electron chi connectivity index (χ1n) is 6.23. The molecule has 4 nitrogen and oxygen atoms in total. The lowest BCUT2D eigenvalue weighted by atomic mass is 10.3. The van der Waals surface area contributed by atoms with Crippen molar-refractivity contribution in [1.29, 1.82) is 0 Å². The van der Waals surface area contributed by atoms with Gasteiger partial charge < -0.3 is 10.1 Å². The summed E-state index contributed by atoms with van der Waals surface area (Å²) in [5.74, 6) is 0.890. The molecule has 1 heterocycles. The zero-order valence-electron chi connectivity index (χ0n) is 11.2. The van der Waals surface area contributed by atoms with E-state index in [0.717, 1.165) is 5.69 Å². The fourth-order valence-electron chi connectivity index (χ4n) is 1.48. The number of nitrogens with zero attached hydrogens (tertiary/aromatic N) is 2. The number of halogens is 2. The quantitative estimate of drug-likeness (QED) is 0.904. The van der Waals surface area contributed by atoms with E-state index in [9.17, 15) is 0 Å². The lowest BCUT2D eigenvalue weighted by Crippen LogP contribution is -2.22. The maximum absolute atomic E-state index is 6.03. The van der Waals surface area contributed by atoms with Crippen LogP contribution in [0.4, 0.5) is 0 Å². The van der Waals surface area contributed by atoms with Crippen LogP contribution in [0.25, 0.3) is 0 Å². The summed E-state index contributed by atoms with van der Waals surface area (Å²) in [5.41, 5.74) is 0.855. The third-order valence-corrected chi connectivity index (χ3v) is 3.03. The van der Waals surface area contributed by atoms with Gasteiger partial charge in [-0.1, -0.05) is 37.0 Å². The standard InChI is InChI=1S/C14H15Cl2N3O/c1-9(2)17-8-11-4-6-14(19-18-11)20-13-5-3-10(15)7-12(13)16/h3-7,9,17H,8H2,1-2H3. The van der Waals surface area contributed by atoms with E-state index in [2.05, 4.69) is 29.4 Å². The van der Waals surface area contributed by atoms with Crippen molar-refractivity contribution in [2.75, 3.05) is 0 Å². The maximum Gasteiger partial charge on any atom is 0.238 e. The minimum Gasteiger partial charge on any atom is -0.436 e. The molecule has 106 valence electrons. The summed E-state index contributed by atoms with van der Waals surface area (Å²) in [6, 6.07) is 9.04. The molecule has 0 fully saturated rings. The molecule has 6 heteroatoms. The van der Waals surface area contributed by atoms with Crippen molar-refractivity contribution < 1.29 is 4.74 Å². The number of benzene rings is 1. The molecule has 2 aromatic rings. The molecule has 0 aliphatic rings. The zero-order chi connectivity index (χ0) is 14.5. The number of rotatable bonds is 5. The highest BCUT2D eigenvalue weighted by atomic mass is 35.5. The van der Waals surface area contributed by atoms with Gasteiger partial charge in [-0.3, -0.25) is 0 Å². The molecule has 0 saturated carbocycles. The topological polar surface area (TPSA) is 47.0 Å². The monoisotopic (exact) mass is 311 g/mol. The summed E-state index contributed by atoms with van der Waals surface area (Å²) < 4.78 is 5.56. The average molecular weight is 312 g/mol. The lowest BCUT2D eigenvalue weighted by molar-refractivity contribution is 0.452. The van der Waals surface area contributed by atoms with E-state index in [1.807, 2.05) is 6.07 Å². The molecule has 1 N–H and O–H groups in total. The van der Waals surface area contributed by atoms with Gasteiger partial charge in [0, 0.05) is 23.7 Å². The summed E-state index contributed by atoms with van der Waals surface area (Å²) in [5, 5.41) is 12.4. The molecule has 1 aromatic heterocycles. The van der Waals surface area contributed by atoms with Gasteiger partial charge in [0.1, 0.15) is 5.75 Å². The smallest absolute Gasteiger partial charge is 0.238 e. The van der Waals surface area contributed by atoms with Crippen molar-refractivity contribution in [3.8, 4) is 11.6 Å². The number of aromatic nitrogens is 2. The van der Waals surface area contributed by atoms with Crippen LogP contribution in [-0.2, 0) is 6.54 Å². The van der Waals surface area contributed by atoms with Gasteiger partial charge in [-0.25, -0.2) is 0 Å². The SMILES string of the molecule is CC(C)NCc1ccc(Oc2ccc(Cl)cc2Cl)nn1. The van der Waals surface area contributed by atoms with Crippen molar-refractivity contribution in [2.24, 2.45) is 0 Å². The first-order chi connectivity index (χ1) is 9.54. The number of hydrogen-bond donors (Lipinski definition) is 1. The van der Waals surface area contributed by atoms with Gasteiger partial charge in [-0.05, 0) is 24.3 Å². The van der Waals surface area contributed by atoms with Crippen LogP contribution in [0.1, 0.15) is 19.5 Å². The molecule has 0 spiro atoms. The van der Waals surface area contributed by atoms with E-state index in [0.29, 0.717) is 34.3 Å². The molecule has 0 bridgehead atoms. The maximum atomic E-state index is 6.03. The Kier molecular flexibility index (Phi) is 5.17.